The van der Waals surface area contributed by atoms with E-state index in [4.69, 9.17) is 0 Å². The zero-order chi connectivity index (χ0) is 9.28. The molecule has 0 aliphatic rings. The predicted octanol–water partition coefficient (Wildman–Crippen LogP) is 3.64. The molecule has 0 saturated carbocycles. The first-order chi connectivity index (χ1) is 4.69. The summed E-state index contributed by atoms with van der Waals surface area (Å²) in [6, 6.07) is 0. The largest absolute Gasteiger partial charge is 0.258 e. The van der Waals surface area contributed by atoms with Gasteiger partial charge in [0.1, 0.15) is 0 Å². The van der Waals surface area contributed by atoms with Crippen molar-refractivity contribution in [2.45, 2.75) is 39.3 Å². The topological polar surface area (TPSA) is 0 Å². The third-order valence-electron chi connectivity index (χ3n) is 1.57. The third-order valence-corrected chi connectivity index (χ3v) is 14.1. The van der Waals surface area contributed by atoms with Crippen LogP contribution < -0.4 is 0 Å². The molecular weight excluding hydrogens is 184 g/mol. The van der Waals surface area contributed by atoms with Gasteiger partial charge in [0.05, 0.1) is 4.50 Å². The number of thioether (sulfide) groups is 1. The van der Waals surface area contributed by atoms with Crippen molar-refractivity contribution in [3.05, 3.63) is 4.50 Å². The van der Waals surface area contributed by atoms with Crippen LogP contribution >= 0.6 is 11.8 Å². The predicted molar refractivity (Wildman–Crippen MR) is 63.5 cm³/mol. The SMILES string of the molecule is CS[C+]([Si](C)(C)C)[Si](C)(C)C. The smallest absolute Gasteiger partial charge is 0.0282 e. The van der Waals surface area contributed by atoms with E-state index in [0.717, 1.165) is 0 Å². The van der Waals surface area contributed by atoms with Crippen molar-refractivity contribution < 1.29 is 0 Å². The molecule has 0 bridgehead atoms. The van der Waals surface area contributed by atoms with Crippen molar-refractivity contribution in [2.75, 3.05) is 6.26 Å². The molecule has 0 aromatic heterocycles. The van der Waals surface area contributed by atoms with Gasteiger partial charge in [-0.1, -0.05) is 0 Å². The minimum atomic E-state index is -0.981. The van der Waals surface area contributed by atoms with Gasteiger partial charge in [-0.3, -0.25) is 0 Å². The Balaban J connectivity index is 4.43. The van der Waals surface area contributed by atoms with E-state index in [2.05, 4.69) is 45.5 Å². The van der Waals surface area contributed by atoms with E-state index in [9.17, 15) is 0 Å². The van der Waals surface area contributed by atoms with Gasteiger partial charge in [-0.15, -0.1) is 0 Å². The Bertz CT molecular complexity index is 107. The molecule has 0 aliphatic carbocycles. The molecule has 0 radical (unpaired) electrons. The van der Waals surface area contributed by atoms with Gasteiger partial charge in [-0.2, -0.15) is 0 Å². The van der Waals surface area contributed by atoms with E-state index in [1.165, 1.54) is 0 Å². The fourth-order valence-electron chi connectivity index (χ4n) is 1.74. The highest BCUT2D eigenvalue weighted by molar-refractivity contribution is 8.05. The molecule has 0 fully saturated rings. The van der Waals surface area contributed by atoms with Crippen LogP contribution in [0.25, 0.3) is 0 Å². The molecule has 0 heterocycles. The van der Waals surface area contributed by atoms with Gasteiger partial charge in [0.2, 0.25) is 0 Å². The van der Waals surface area contributed by atoms with Crippen molar-refractivity contribution in [2.24, 2.45) is 0 Å². The maximum Gasteiger partial charge on any atom is 0.258 e. The van der Waals surface area contributed by atoms with Gasteiger partial charge in [0, 0.05) is 18.0 Å². The summed E-state index contributed by atoms with van der Waals surface area (Å²) in [4.78, 5) is 0. The lowest BCUT2D eigenvalue weighted by Crippen LogP contribution is -2.44. The molecule has 0 aliphatic heterocycles. The minimum absolute atomic E-state index is 0.981. The normalized spacial score (nSPS) is 13.4. The first-order valence-electron chi connectivity index (χ1n) is 4.11. The van der Waals surface area contributed by atoms with Crippen LogP contribution in [0.4, 0.5) is 0 Å². The Hall–Kier alpha value is 0.654. The van der Waals surface area contributed by atoms with Crippen LogP contribution in [0.2, 0.25) is 39.3 Å². The number of rotatable bonds is 3. The molecule has 0 atom stereocenters. The molecule has 0 aromatic carbocycles. The zero-order valence-electron chi connectivity index (χ0n) is 8.91. The lowest BCUT2D eigenvalue weighted by Gasteiger charge is -2.24. The number of hydrogen-bond donors (Lipinski definition) is 0. The van der Waals surface area contributed by atoms with E-state index >= 15 is 0 Å². The summed E-state index contributed by atoms with van der Waals surface area (Å²) >= 11 is 2.02. The van der Waals surface area contributed by atoms with Gasteiger partial charge in [0.15, 0.2) is 0 Å². The zero-order valence-corrected chi connectivity index (χ0v) is 11.7. The fourth-order valence-corrected chi connectivity index (χ4v) is 15.6. The average Bonchev–Trinajstić information content (AvgIpc) is 1.56. The Morgan fingerprint density at radius 1 is 0.818 bits per heavy atom. The van der Waals surface area contributed by atoms with E-state index < -0.39 is 16.1 Å². The van der Waals surface area contributed by atoms with Crippen molar-refractivity contribution in [1.29, 1.82) is 0 Å². The molecule has 0 spiro atoms. The third kappa shape index (κ3) is 3.72. The van der Waals surface area contributed by atoms with Gasteiger partial charge in [-0.25, -0.2) is 0 Å². The summed E-state index contributed by atoms with van der Waals surface area (Å²) in [6.07, 6.45) is 2.24. The lowest BCUT2D eigenvalue weighted by molar-refractivity contribution is 1.61. The van der Waals surface area contributed by atoms with Crippen LogP contribution in [0, 0.1) is 4.50 Å². The quantitative estimate of drug-likeness (QED) is 0.501. The molecule has 3 heteroatoms. The van der Waals surface area contributed by atoms with E-state index in [-0.39, 0.29) is 0 Å². The highest BCUT2D eigenvalue weighted by Gasteiger charge is 2.49. The van der Waals surface area contributed by atoms with Crippen LogP contribution in [0.5, 0.6) is 0 Å². The van der Waals surface area contributed by atoms with Gasteiger partial charge < -0.3 is 0 Å². The average molecular weight is 205 g/mol. The molecule has 0 rings (SSSR count). The van der Waals surface area contributed by atoms with Gasteiger partial charge in [-0.05, 0) is 39.3 Å². The second kappa shape index (κ2) is 3.58. The molecular formula is C8H21SSi2+. The molecule has 0 N–H and O–H groups in total. The Morgan fingerprint density at radius 3 is 1.09 bits per heavy atom. The maximum absolute atomic E-state index is 2.46. The molecule has 66 valence electrons. The molecule has 0 aromatic rings. The fraction of sp³-hybridized carbons (Fsp3) is 0.875. The van der Waals surface area contributed by atoms with Crippen LogP contribution in [0.15, 0.2) is 0 Å². The van der Waals surface area contributed by atoms with Crippen molar-refractivity contribution in [3.8, 4) is 0 Å². The van der Waals surface area contributed by atoms with Crippen molar-refractivity contribution in [3.63, 3.8) is 0 Å². The summed E-state index contributed by atoms with van der Waals surface area (Å²) in [5, 5.41) is 0. The van der Waals surface area contributed by atoms with E-state index in [0.29, 0.717) is 0 Å². The van der Waals surface area contributed by atoms with Crippen LogP contribution in [-0.4, -0.2) is 22.4 Å². The van der Waals surface area contributed by atoms with E-state index in [1.54, 1.807) is 0 Å². The first kappa shape index (κ1) is 11.7. The Kier molecular flexibility index (Phi) is 3.79. The molecule has 0 amide bonds. The summed E-state index contributed by atoms with van der Waals surface area (Å²) in [5.41, 5.74) is 0. The van der Waals surface area contributed by atoms with Crippen LogP contribution in [-0.2, 0) is 0 Å². The van der Waals surface area contributed by atoms with Gasteiger partial charge >= 0.3 is 0 Å². The van der Waals surface area contributed by atoms with E-state index in [1.807, 2.05) is 16.3 Å². The molecule has 0 unspecified atom stereocenters. The molecule has 11 heavy (non-hydrogen) atoms. The highest BCUT2D eigenvalue weighted by atomic mass is 32.2. The summed E-state index contributed by atoms with van der Waals surface area (Å²) in [6.45, 7) is 14.7. The van der Waals surface area contributed by atoms with Crippen LogP contribution in [0.3, 0.4) is 0 Å². The minimum Gasteiger partial charge on any atom is -0.0282 e. The second-order valence-electron chi connectivity index (χ2n) is 5.03. The van der Waals surface area contributed by atoms with Crippen LogP contribution in [0.1, 0.15) is 0 Å². The summed E-state index contributed by atoms with van der Waals surface area (Å²) in [5.74, 6) is 0. The number of hydrogen-bond acceptors (Lipinski definition) is 1. The maximum atomic E-state index is 2.46. The summed E-state index contributed by atoms with van der Waals surface area (Å²) in [7, 11) is -1.96. The summed E-state index contributed by atoms with van der Waals surface area (Å²) < 4.78 is 1.85. The monoisotopic (exact) mass is 205 g/mol. The standard InChI is InChI=1S/C8H21SSi2/c1-9-8(10(2,3)4)11(5,6)7/h1-7H3/q+1. The van der Waals surface area contributed by atoms with Crippen molar-refractivity contribution in [1.82, 2.24) is 0 Å². The molecule has 0 nitrogen and oxygen atoms in total. The second-order valence-corrected chi connectivity index (χ2v) is 17.1. The first-order valence-corrected chi connectivity index (χ1v) is 12.3. The molecule has 0 saturated heterocycles. The Labute approximate surface area is 78.2 Å². The lowest BCUT2D eigenvalue weighted by atomic mass is 11.7. The Morgan fingerprint density at radius 2 is 1.09 bits per heavy atom. The van der Waals surface area contributed by atoms with Crippen molar-refractivity contribution >= 4 is 27.9 Å². The van der Waals surface area contributed by atoms with Gasteiger partial charge in [0.25, 0.3) is 16.1 Å². The highest BCUT2D eigenvalue weighted by Crippen LogP contribution is 2.36.